The number of para-hydroxylation sites is 1. The van der Waals surface area contributed by atoms with E-state index in [0.717, 1.165) is 49.0 Å². The zero-order chi connectivity index (χ0) is 21.3. The van der Waals surface area contributed by atoms with E-state index in [1.807, 2.05) is 39.0 Å². The van der Waals surface area contributed by atoms with Crippen LogP contribution in [-0.2, 0) is 13.0 Å². The van der Waals surface area contributed by atoms with E-state index in [9.17, 15) is 0 Å². The van der Waals surface area contributed by atoms with Crippen molar-refractivity contribution in [2.45, 2.75) is 72.4 Å². The van der Waals surface area contributed by atoms with Crippen LogP contribution >= 0.6 is 0 Å². The summed E-state index contributed by atoms with van der Waals surface area (Å²) in [5, 5.41) is 10.7. The number of hydrogen-bond acceptors (Lipinski definition) is 5. The largest absolute Gasteiger partial charge is 0.488 e. The van der Waals surface area contributed by atoms with E-state index in [2.05, 4.69) is 47.6 Å². The van der Waals surface area contributed by atoms with Crippen LogP contribution in [0.15, 0.2) is 33.8 Å². The lowest BCUT2D eigenvalue weighted by Gasteiger charge is -2.23. The Labute approximate surface area is 174 Å². The molecule has 2 aromatic rings. The summed E-state index contributed by atoms with van der Waals surface area (Å²) < 4.78 is 11.3. The standard InChI is InChI=1S/C22H35N5O2/c1-7-23-21(24-14-10-13-19-26-20(16(2)3)27-29-19)25-15-17-11-8-9-12-18(17)28-22(4,5)6/h8-9,11-12,16H,7,10,13-15H2,1-6H3,(H2,23,24,25). The molecule has 0 aliphatic heterocycles. The van der Waals surface area contributed by atoms with E-state index < -0.39 is 0 Å². The van der Waals surface area contributed by atoms with Crippen molar-refractivity contribution in [3.05, 3.63) is 41.5 Å². The van der Waals surface area contributed by atoms with Crippen LogP contribution in [0.1, 0.15) is 71.2 Å². The van der Waals surface area contributed by atoms with Gasteiger partial charge in [-0.3, -0.25) is 0 Å². The molecule has 2 N–H and O–H groups in total. The molecule has 0 saturated heterocycles. The summed E-state index contributed by atoms with van der Waals surface area (Å²) in [7, 11) is 0. The van der Waals surface area contributed by atoms with Crippen molar-refractivity contribution in [3.8, 4) is 5.75 Å². The van der Waals surface area contributed by atoms with Crippen molar-refractivity contribution < 1.29 is 9.26 Å². The van der Waals surface area contributed by atoms with Gasteiger partial charge in [-0.15, -0.1) is 0 Å². The van der Waals surface area contributed by atoms with Crippen LogP contribution in [0.5, 0.6) is 5.75 Å². The summed E-state index contributed by atoms with van der Waals surface area (Å²) in [4.78, 5) is 9.12. The third kappa shape index (κ3) is 8.13. The predicted octanol–water partition coefficient (Wildman–Crippen LogP) is 4.06. The van der Waals surface area contributed by atoms with Crippen LogP contribution in [-0.4, -0.2) is 34.8 Å². The average molecular weight is 402 g/mol. The Kier molecular flexibility index (Phi) is 8.49. The molecule has 0 unspecified atom stereocenters. The first-order chi connectivity index (χ1) is 13.8. The van der Waals surface area contributed by atoms with E-state index in [0.29, 0.717) is 12.4 Å². The maximum atomic E-state index is 6.06. The zero-order valence-corrected chi connectivity index (χ0v) is 18.6. The van der Waals surface area contributed by atoms with E-state index in [1.165, 1.54) is 0 Å². The van der Waals surface area contributed by atoms with Crippen LogP contribution in [0.4, 0.5) is 0 Å². The van der Waals surface area contributed by atoms with E-state index in [1.54, 1.807) is 0 Å². The predicted molar refractivity (Wildman–Crippen MR) is 116 cm³/mol. The molecular formula is C22H35N5O2. The molecule has 0 radical (unpaired) electrons. The van der Waals surface area contributed by atoms with Crippen LogP contribution in [0, 0.1) is 0 Å². The highest BCUT2D eigenvalue weighted by molar-refractivity contribution is 5.79. The van der Waals surface area contributed by atoms with Gasteiger partial charge in [0, 0.05) is 31.0 Å². The first kappa shape index (κ1) is 22.7. The Balaban J connectivity index is 1.89. The summed E-state index contributed by atoms with van der Waals surface area (Å²) in [6, 6.07) is 8.04. The number of guanidine groups is 1. The number of nitrogens with one attached hydrogen (secondary N) is 2. The van der Waals surface area contributed by atoms with Gasteiger partial charge in [-0.25, -0.2) is 4.99 Å². The molecule has 7 heteroatoms. The van der Waals surface area contributed by atoms with Crippen molar-refractivity contribution in [2.75, 3.05) is 13.1 Å². The van der Waals surface area contributed by atoms with Crippen LogP contribution in [0.3, 0.4) is 0 Å². The second-order valence-electron chi connectivity index (χ2n) is 8.25. The lowest BCUT2D eigenvalue weighted by Crippen LogP contribution is -2.37. The molecule has 0 spiro atoms. The van der Waals surface area contributed by atoms with Crippen molar-refractivity contribution in [1.29, 1.82) is 0 Å². The number of nitrogens with zero attached hydrogens (tertiary/aromatic N) is 3. The number of aryl methyl sites for hydroxylation is 1. The minimum atomic E-state index is -0.243. The van der Waals surface area contributed by atoms with Gasteiger partial charge < -0.3 is 19.9 Å². The molecule has 1 heterocycles. The third-order valence-electron chi connectivity index (χ3n) is 4.00. The Bertz CT molecular complexity index is 778. The van der Waals surface area contributed by atoms with Gasteiger partial charge in [0.05, 0.1) is 6.54 Å². The van der Waals surface area contributed by atoms with Gasteiger partial charge in [0.25, 0.3) is 0 Å². The smallest absolute Gasteiger partial charge is 0.226 e. The molecule has 0 amide bonds. The molecule has 7 nitrogen and oxygen atoms in total. The number of hydrogen-bond donors (Lipinski definition) is 2. The summed E-state index contributed by atoms with van der Waals surface area (Å²) in [5.41, 5.74) is 0.818. The number of rotatable bonds is 9. The topological polar surface area (TPSA) is 84.6 Å². The Morgan fingerprint density at radius 1 is 1.21 bits per heavy atom. The molecular weight excluding hydrogens is 366 g/mol. The zero-order valence-electron chi connectivity index (χ0n) is 18.6. The molecule has 0 aliphatic rings. The van der Waals surface area contributed by atoms with Gasteiger partial charge in [-0.1, -0.05) is 37.2 Å². The molecule has 0 saturated carbocycles. The van der Waals surface area contributed by atoms with Crippen molar-refractivity contribution in [1.82, 2.24) is 20.8 Å². The number of ether oxygens (including phenoxy) is 1. The van der Waals surface area contributed by atoms with Crippen LogP contribution in [0.2, 0.25) is 0 Å². The fourth-order valence-corrected chi connectivity index (χ4v) is 2.62. The molecule has 0 fully saturated rings. The van der Waals surface area contributed by atoms with Crippen molar-refractivity contribution in [2.24, 2.45) is 4.99 Å². The number of benzene rings is 1. The van der Waals surface area contributed by atoms with Crippen molar-refractivity contribution in [3.63, 3.8) is 0 Å². The SMILES string of the molecule is CCNC(=NCc1ccccc1OC(C)(C)C)NCCCc1nc(C(C)C)no1. The molecule has 0 atom stereocenters. The van der Waals surface area contributed by atoms with E-state index in [4.69, 9.17) is 14.3 Å². The summed E-state index contributed by atoms with van der Waals surface area (Å²) >= 11 is 0. The lowest BCUT2D eigenvalue weighted by molar-refractivity contribution is 0.129. The molecule has 0 aliphatic carbocycles. The summed E-state index contributed by atoms with van der Waals surface area (Å²) in [6.45, 7) is 14.4. The molecule has 0 bridgehead atoms. The molecule has 1 aromatic heterocycles. The monoisotopic (exact) mass is 401 g/mol. The second-order valence-corrected chi connectivity index (χ2v) is 8.25. The number of aliphatic imine (C=N–C) groups is 1. The van der Waals surface area contributed by atoms with Crippen molar-refractivity contribution >= 4 is 5.96 Å². The molecule has 1 aromatic carbocycles. The fraction of sp³-hybridized carbons (Fsp3) is 0.591. The van der Waals surface area contributed by atoms with E-state index >= 15 is 0 Å². The highest BCUT2D eigenvalue weighted by atomic mass is 16.5. The lowest BCUT2D eigenvalue weighted by atomic mass is 10.1. The fourth-order valence-electron chi connectivity index (χ4n) is 2.62. The third-order valence-corrected chi connectivity index (χ3v) is 4.00. The highest BCUT2D eigenvalue weighted by Gasteiger charge is 2.14. The highest BCUT2D eigenvalue weighted by Crippen LogP contribution is 2.23. The maximum absolute atomic E-state index is 6.06. The summed E-state index contributed by atoms with van der Waals surface area (Å²) in [5.74, 6) is 3.39. The van der Waals surface area contributed by atoms with Gasteiger partial charge >= 0.3 is 0 Å². The Morgan fingerprint density at radius 3 is 2.62 bits per heavy atom. The van der Waals surface area contributed by atoms with Gasteiger partial charge in [0.15, 0.2) is 11.8 Å². The van der Waals surface area contributed by atoms with Crippen LogP contribution in [0.25, 0.3) is 0 Å². The normalized spacial score (nSPS) is 12.3. The van der Waals surface area contributed by atoms with Crippen LogP contribution < -0.4 is 15.4 Å². The van der Waals surface area contributed by atoms with Gasteiger partial charge in [0.2, 0.25) is 5.89 Å². The summed E-state index contributed by atoms with van der Waals surface area (Å²) in [6.07, 6.45) is 1.63. The first-order valence-corrected chi connectivity index (χ1v) is 10.4. The van der Waals surface area contributed by atoms with Gasteiger partial charge in [-0.2, -0.15) is 4.98 Å². The molecule has 160 valence electrons. The van der Waals surface area contributed by atoms with E-state index in [-0.39, 0.29) is 11.5 Å². The minimum Gasteiger partial charge on any atom is -0.488 e. The Morgan fingerprint density at radius 2 is 1.97 bits per heavy atom. The quantitative estimate of drug-likeness (QED) is 0.374. The second kappa shape index (κ2) is 10.8. The number of aromatic nitrogens is 2. The van der Waals surface area contributed by atoms with Gasteiger partial charge in [0.1, 0.15) is 11.4 Å². The average Bonchev–Trinajstić information content (AvgIpc) is 3.12. The van der Waals surface area contributed by atoms with Gasteiger partial charge in [-0.05, 0) is 40.2 Å². The Hall–Kier alpha value is -2.57. The maximum Gasteiger partial charge on any atom is 0.226 e. The molecule has 29 heavy (non-hydrogen) atoms. The molecule has 2 rings (SSSR count). The minimum absolute atomic E-state index is 0.243. The first-order valence-electron chi connectivity index (χ1n) is 10.4.